The first kappa shape index (κ1) is 15.2. The lowest BCUT2D eigenvalue weighted by molar-refractivity contribution is -0.156. The maximum Gasteiger partial charge on any atom is 0.323 e. The molecule has 0 spiro atoms. The maximum absolute atomic E-state index is 11.8. The largest absolute Gasteiger partial charge is 0.466 e. The predicted molar refractivity (Wildman–Crippen MR) is 75.9 cm³/mol. The molecule has 2 rings (SSSR count). The number of hydrogen-bond donors (Lipinski definition) is 2. The van der Waals surface area contributed by atoms with Crippen LogP contribution in [0.3, 0.4) is 0 Å². The van der Waals surface area contributed by atoms with E-state index < -0.39 is 17.6 Å². The number of aromatic nitrogens is 1. The lowest BCUT2D eigenvalue weighted by atomic mass is 10.1. The van der Waals surface area contributed by atoms with Crippen molar-refractivity contribution >= 4 is 17.6 Å². The van der Waals surface area contributed by atoms with Crippen molar-refractivity contribution in [1.82, 2.24) is 4.98 Å². The van der Waals surface area contributed by atoms with Crippen molar-refractivity contribution in [1.29, 1.82) is 0 Å². The highest BCUT2D eigenvalue weighted by atomic mass is 16.6. The van der Waals surface area contributed by atoms with Gasteiger partial charge < -0.3 is 20.5 Å². The predicted octanol–water partition coefficient (Wildman–Crippen LogP) is 0.624. The van der Waals surface area contributed by atoms with Gasteiger partial charge in [-0.2, -0.15) is 0 Å². The average molecular weight is 293 g/mol. The molecular formula is C14H19N3O4. The Morgan fingerprint density at radius 1 is 1.57 bits per heavy atom. The van der Waals surface area contributed by atoms with Gasteiger partial charge in [-0.25, -0.2) is 4.98 Å². The molecule has 1 aliphatic heterocycles. The second-order valence-electron chi connectivity index (χ2n) is 5.88. The van der Waals surface area contributed by atoms with Crippen molar-refractivity contribution < 1.29 is 19.1 Å². The number of hydrogen-bond acceptors (Lipinski definition) is 6. The van der Waals surface area contributed by atoms with E-state index in [4.69, 9.17) is 15.2 Å². The summed E-state index contributed by atoms with van der Waals surface area (Å²) in [7, 11) is 0. The number of carbonyl (C=O) groups excluding carboxylic acids is 2. The summed E-state index contributed by atoms with van der Waals surface area (Å²) in [4.78, 5) is 27.2. The van der Waals surface area contributed by atoms with Crippen LogP contribution in [-0.2, 0) is 20.7 Å². The molecule has 0 saturated heterocycles. The van der Waals surface area contributed by atoms with E-state index in [1.54, 1.807) is 33.0 Å². The van der Waals surface area contributed by atoms with E-state index in [0.717, 1.165) is 5.56 Å². The van der Waals surface area contributed by atoms with Crippen LogP contribution in [0.25, 0.3) is 0 Å². The third-order valence-electron chi connectivity index (χ3n) is 2.69. The molecule has 0 fully saturated rings. The van der Waals surface area contributed by atoms with E-state index in [1.807, 2.05) is 0 Å². The first-order chi connectivity index (χ1) is 9.74. The van der Waals surface area contributed by atoms with Gasteiger partial charge >= 0.3 is 5.97 Å². The number of nitrogens with zero attached hydrogens (tertiary/aromatic N) is 1. The zero-order valence-corrected chi connectivity index (χ0v) is 12.3. The highest BCUT2D eigenvalue weighted by molar-refractivity contribution is 5.94. The van der Waals surface area contributed by atoms with E-state index in [2.05, 4.69) is 10.3 Å². The molecule has 0 bridgehead atoms. The third kappa shape index (κ3) is 4.16. The highest BCUT2D eigenvalue weighted by Crippen LogP contribution is 2.26. The Morgan fingerprint density at radius 2 is 2.29 bits per heavy atom. The number of esters is 1. The Hall–Kier alpha value is -2.15. The van der Waals surface area contributed by atoms with Gasteiger partial charge in [0, 0.05) is 6.20 Å². The Labute approximate surface area is 122 Å². The molecule has 3 N–H and O–H groups in total. The second kappa shape index (κ2) is 5.69. The molecule has 114 valence electrons. The monoisotopic (exact) mass is 293 g/mol. The van der Waals surface area contributed by atoms with Crippen molar-refractivity contribution in [3.63, 3.8) is 0 Å². The molecule has 1 atom stereocenters. The molecule has 0 aromatic carbocycles. The van der Waals surface area contributed by atoms with Crippen LogP contribution in [-0.4, -0.2) is 35.1 Å². The van der Waals surface area contributed by atoms with Crippen LogP contribution >= 0.6 is 0 Å². The topological polar surface area (TPSA) is 104 Å². The number of anilines is 1. The quantitative estimate of drug-likeness (QED) is 0.792. The minimum atomic E-state index is -0.788. The summed E-state index contributed by atoms with van der Waals surface area (Å²) in [6, 6.07) is 0.910. The normalized spacial score (nSPS) is 15.5. The van der Waals surface area contributed by atoms with Gasteiger partial charge in [0.05, 0.1) is 0 Å². The Bertz CT molecular complexity index is 566. The van der Waals surface area contributed by atoms with Gasteiger partial charge in [-0.05, 0) is 38.8 Å². The maximum atomic E-state index is 11.8. The summed E-state index contributed by atoms with van der Waals surface area (Å²) in [6.07, 6.45) is 1.84. The molecule has 21 heavy (non-hydrogen) atoms. The highest BCUT2D eigenvalue weighted by Gasteiger charge is 2.23. The summed E-state index contributed by atoms with van der Waals surface area (Å²) in [5.74, 6) is -0.345. The van der Waals surface area contributed by atoms with Crippen LogP contribution in [0.2, 0.25) is 0 Å². The molecule has 1 aromatic heterocycles. The van der Waals surface area contributed by atoms with Crippen molar-refractivity contribution in [2.75, 3.05) is 11.9 Å². The lowest BCUT2D eigenvalue weighted by Crippen LogP contribution is -2.38. The van der Waals surface area contributed by atoms with Crippen LogP contribution in [0.15, 0.2) is 12.3 Å². The standard InChI is InChI=1S/C14H19N3O4/c1-14(2,3)21-13(19)9(15)4-8-5-10-12(16-6-8)20-7-11(18)17-10/h5-6,9H,4,7,15H2,1-3H3,(H,17,18)/t9-/m0/s1. The van der Waals surface area contributed by atoms with Crippen molar-refractivity contribution in [3.8, 4) is 5.88 Å². The number of nitrogens with one attached hydrogen (secondary N) is 1. The first-order valence-corrected chi connectivity index (χ1v) is 6.64. The molecular weight excluding hydrogens is 274 g/mol. The summed E-state index contributed by atoms with van der Waals surface area (Å²) in [5, 5.41) is 2.66. The molecule has 7 heteroatoms. The number of ether oxygens (including phenoxy) is 2. The van der Waals surface area contributed by atoms with Crippen LogP contribution in [0.1, 0.15) is 26.3 Å². The van der Waals surface area contributed by atoms with Gasteiger partial charge in [0.1, 0.15) is 17.3 Å². The number of nitrogens with two attached hydrogens (primary N) is 1. The molecule has 1 amide bonds. The van der Waals surface area contributed by atoms with Crippen molar-refractivity contribution in [2.24, 2.45) is 5.73 Å². The van der Waals surface area contributed by atoms with E-state index in [0.29, 0.717) is 11.6 Å². The second-order valence-corrected chi connectivity index (χ2v) is 5.88. The van der Waals surface area contributed by atoms with E-state index in [9.17, 15) is 9.59 Å². The van der Waals surface area contributed by atoms with Gasteiger partial charge in [-0.1, -0.05) is 0 Å². The van der Waals surface area contributed by atoms with Crippen LogP contribution in [0.5, 0.6) is 5.88 Å². The SMILES string of the molecule is CC(C)(C)OC(=O)[C@@H](N)Cc1cnc2c(c1)NC(=O)CO2. The summed E-state index contributed by atoms with van der Waals surface area (Å²) < 4.78 is 10.4. The first-order valence-electron chi connectivity index (χ1n) is 6.64. The smallest absolute Gasteiger partial charge is 0.323 e. The third-order valence-corrected chi connectivity index (χ3v) is 2.69. The minimum absolute atomic E-state index is 0.0449. The summed E-state index contributed by atoms with van der Waals surface area (Å²) >= 11 is 0. The number of fused-ring (bicyclic) bond motifs is 1. The van der Waals surface area contributed by atoms with Gasteiger partial charge in [0.2, 0.25) is 5.88 Å². The van der Waals surface area contributed by atoms with Crippen molar-refractivity contribution in [3.05, 3.63) is 17.8 Å². The fourth-order valence-electron chi connectivity index (χ4n) is 1.85. The Morgan fingerprint density at radius 3 is 2.95 bits per heavy atom. The van der Waals surface area contributed by atoms with E-state index >= 15 is 0 Å². The Kier molecular flexibility index (Phi) is 4.13. The molecule has 7 nitrogen and oxygen atoms in total. The van der Waals surface area contributed by atoms with Gasteiger partial charge in [-0.15, -0.1) is 0 Å². The fourth-order valence-corrected chi connectivity index (χ4v) is 1.85. The summed E-state index contributed by atoms with van der Waals surface area (Å²) in [6.45, 7) is 5.30. The lowest BCUT2D eigenvalue weighted by Gasteiger charge is -2.22. The van der Waals surface area contributed by atoms with Crippen LogP contribution in [0, 0.1) is 0 Å². The van der Waals surface area contributed by atoms with E-state index in [1.165, 1.54) is 0 Å². The molecule has 1 aliphatic rings. The molecule has 0 saturated carbocycles. The molecule has 0 unspecified atom stereocenters. The zero-order chi connectivity index (χ0) is 15.6. The van der Waals surface area contributed by atoms with Gasteiger partial charge in [0.25, 0.3) is 5.91 Å². The molecule has 0 aliphatic carbocycles. The number of rotatable bonds is 3. The number of pyridine rings is 1. The average Bonchev–Trinajstić information content (AvgIpc) is 2.36. The minimum Gasteiger partial charge on any atom is -0.466 e. The zero-order valence-electron chi connectivity index (χ0n) is 12.3. The summed E-state index contributed by atoms with van der Waals surface area (Å²) in [5.41, 5.74) is 6.47. The van der Waals surface area contributed by atoms with Crippen molar-refractivity contribution in [2.45, 2.75) is 38.8 Å². The fraction of sp³-hybridized carbons (Fsp3) is 0.500. The number of amides is 1. The molecule has 1 aromatic rings. The van der Waals surface area contributed by atoms with E-state index in [-0.39, 0.29) is 18.9 Å². The van der Waals surface area contributed by atoms with Gasteiger partial charge in [-0.3, -0.25) is 9.59 Å². The Balaban J connectivity index is 2.04. The van der Waals surface area contributed by atoms with Gasteiger partial charge in [0.15, 0.2) is 6.61 Å². The van der Waals surface area contributed by atoms with Crippen LogP contribution < -0.4 is 15.8 Å². The van der Waals surface area contributed by atoms with Crippen LogP contribution in [0.4, 0.5) is 5.69 Å². The molecule has 0 radical (unpaired) electrons. The number of carbonyl (C=O) groups is 2. The molecule has 2 heterocycles.